The molecule has 7 aromatic carbocycles. The van der Waals surface area contributed by atoms with Crippen LogP contribution in [0.3, 0.4) is 0 Å². The molecule has 0 radical (unpaired) electrons. The van der Waals surface area contributed by atoms with Crippen LogP contribution in [0.4, 0.5) is 0 Å². The summed E-state index contributed by atoms with van der Waals surface area (Å²) in [5.74, 6) is 0.700. The molecule has 2 nitrogen and oxygen atoms in total. The van der Waals surface area contributed by atoms with Crippen LogP contribution in [0.5, 0.6) is 11.5 Å². The minimum Gasteiger partial charge on any atom is -0.507 e. The fraction of sp³-hybridized carbons (Fsp3) is 0.0270. The highest BCUT2D eigenvalue weighted by atomic mass is 16.3. The predicted molar refractivity (Wildman–Crippen MR) is 163 cm³/mol. The Kier molecular flexibility index (Phi) is 6.67. The van der Waals surface area contributed by atoms with Gasteiger partial charge < -0.3 is 10.2 Å². The summed E-state index contributed by atoms with van der Waals surface area (Å²) >= 11 is 0. The lowest BCUT2D eigenvalue weighted by molar-refractivity contribution is 0.481. The third-order valence-corrected chi connectivity index (χ3v) is 7.25. The normalized spacial score (nSPS) is 11.2. The molecule has 8 rings (SSSR count). The van der Waals surface area contributed by atoms with E-state index >= 15 is 0 Å². The first-order valence-corrected chi connectivity index (χ1v) is 13.1. The van der Waals surface area contributed by atoms with Crippen molar-refractivity contribution in [3.8, 4) is 22.6 Å². The zero-order valence-electron chi connectivity index (χ0n) is 21.5. The number of phenols is 2. The van der Waals surface area contributed by atoms with Crippen LogP contribution in [0, 0.1) is 0 Å². The van der Waals surface area contributed by atoms with Crippen molar-refractivity contribution in [2.45, 2.75) is 6.42 Å². The molecule has 188 valence electrons. The van der Waals surface area contributed by atoms with E-state index in [4.69, 9.17) is 0 Å². The zero-order chi connectivity index (χ0) is 26.6. The van der Waals surface area contributed by atoms with Crippen LogP contribution in [0.25, 0.3) is 43.4 Å². The molecule has 0 unspecified atom stereocenters. The number of hydrogen-bond donors (Lipinski definition) is 2. The topological polar surface area (TPSA) is 40.5 Å². The van der Waals surface area contributed by atoms with E-state index in [1.807, 2.05) is 72.8 Å². The maximum Gasteiger partial charge on any atom is 0.123 e. The second-order valence-electron chi connectivity index (χ2n) is 9.64. The lowest BCUT2D eigenvalue weighted by Gasteiger charge is -2.05. The van der Waals surface area contributed by atoms with Gasteiger partial charge in [-0.15, -0.1) is 0 Å². The van der Waals surface area contributed by atoms with Gasteiger partial charge in [0.2, 0.25) is 0 Å². The lowest BCUT2D eigenvalue weighted by Crippen LogP contribution is -1.83. The smallest absolute Gasteiger partial charge is 0.123 e. The van der Waals surface area contributed by atoms with Gasteiger partial charge in [0.15, 0.2) is 0 Å². The minimum absolute atomic E-state index is 0.350. The van der Waals surface area contributed by atoms with Gasteiger partial charge in [-0.05, 0) is 62.4 Å². The summed E-state index contributed by atoms with van der Waals surface area (Å²) in [4.78, 5) is 0. The molecule has 1 aliphatic carbocycles. The lowest BCUT2D eigenvalue weighted by atomic mass is 9.99. The first-order valence-electron chi connectivity index (χ1n) is 13.1. The van der Waals surface area contributed by atoms with Crippen LogP contribution in [0.2, 0.25) is 0 Å². The van der Waals surface area contributed by atoms with Crippen molar-refractivity contribution in [1.29, 1.82) is 0 Å². The van der Waals surface area contributed by atoms with Gasteiger partial charge in [0.25, 0.3) is 0 Å². The molecule has 0 spiro atoms. The summed E-state index contributed by atoms with van der Waals surface area (Å²) < 4.78 is 0. The number of phenolic OH excluding ortho intramolecular Hbond substituents is 2. The Balaban J connectivity index is 0.000000111. The predicted octanol–water partition coefficient (Wildman–Crippen LogP) is 9.50. The third kappa shape index (κ3) is 4.93. The Labute approximate surface area is 228 Å². The van der Waals surface area contributed by atoms with Gasteiger partial charge in [-0.1, -0.05) is 133 Å². The SMILES string of the molecule is Oc1cccc2ccccc12.Oc1cccc2ccccc12.c1ccc2c(c1)Cc1c-2ccc2ccccc12. The number of rotatable bonds is 0. The van der Waals surface area contributed by atoms with Crippen LogP contribution in [0.1, 0.15) is 11.1 Å². The number of hydrogen-bond acceptors (Lipinski definition) is 2. The van der Waals surface area contributed by atoms with Gasteiger partial charge in [0.1, 0.15) is 11.5 Å². The maximum absolute atomic E-state index is 9.37. The monoisotopic (exact) mass is 504 g/mol. The van der Waals surface area contributed by atoms with E-state index in [0.717, 1.165) is 28.0 Å². The van der Waals surface area contributed by atoms with Crippen LogP contribution < -0.4 is 0 Å². The molecule has 0 saturated heterocycles. The molecule has 0 aliphatic heterocycles. The maximum atomic E-state index is 9.37. The van der Waals surface area contributed by atoms with E-state index in [9.17, 15) is 10.2 Å². The Morgan fingerprint density at radius 3 is 1.41 bits per heavy atom. The summed E-state index contributed by atoms with van der Waals surface area (Å²) in [6.45, 7) is 0. The van der Waals surface area contributed by atoms with E-state index in [1.165, 1.54) is 33.0 Å². The minimum atomic E-state index is 0.350. The molecule has 7 aromatic rings. The molecule has 2 heteroatoms. The van der Waals surface area contributed by atoms with E-state index in [2.05, 4.69) is 60.7 Å². The molecule has 0 aromatic heterocycles. The standard InChI is InChI=1S/C17H12.2C10H8O/c1-3-7-14-12(5-1)9-10-16-15-8-4-2-6-13(15)11-17(14)16;2*11-10-7-3-5-8-4-1-2-6-9(8)10/h1-10H,11H2;2*1-7,11H. The van der Waals surface area contributed by atoms with Gasteiger partial charge in [-0.2, -0.15) is 0 Å². The zero-order valence-corrected chi connectivity index (χ0v) is 21.5. The number of fused-ring (bicyclic) bond motifs is 7. The fourth-order valence-electron chi connectivity index (χ4n) is 5.32. The molecule has 39 heavy (non-hydrogen) atoms. The van der Waals surface area contributed by atoms with Crippen LogP contribution in [0.15, 0.2) is 146 Å². The average Bonchev–Trinajstić information content (AvgIpc) is 3.38. The van der Waals surface area contributed by atoms with Gasteiger partial charge in [0, 0.05) is 10.8 Å². The quantitative estimate of drug-likeness (QED) is 0.216. The molecule has 0 bridgehead atoms. The molecular formula is C37H28O2. The Morgan fingerprint density at radius 1 is 0.359 bits per heavy atom. The van der Waals surface area contributed by atoms with Gasteiger partial charge in [0.05, 0.1) is 0 Å². The average molecular weight is 505 g/mol. The molecule has 1 aliphatic rings. The van der Waals surface area contributed by atoms with Crippen molar-refractivity contribution < 1.29 is 10.2 Å². The molecule has 2 N–H and O–H groups in total. The molecular weight excluding hydrogens is 476 g/mol. The summed E-state index contributed by atoms with van der Waals surface area (Å²) in [7, 11) is 0. The van der Waals surface area contributed by atoms with E-state index < -0.39 is 0 Å². The summed E-state index contributed by atoms with van der Waals surface area (Å²) in [5, 5.41) is 25.5. The second-order valence-corrected chi connectivity index (χ2v) is 9.64. The van der Waals surface area contributed by atoms with Gasteiger partial charge in [-0.25, -0.2) is 0 Å². The first-order chi connectivity index (χ1) is 19.2. The van der Waals surface area contributed by atoms with Gasteiger partial charge >= 0.3 is 0 Å². The molecule has 0 fully saturated rings. The summed E-state index contributed by atoms with van der Waals surface area (Å²) in [5.41, 5.74) is 5.77. The Morgan fingerprint density at radius 2 is 0.821 bits per heavy atom. The molecule has 0 amide bonds. The Hall–Kier alpha value is -5.08. The highest BCUT2D eigenvalue weighted by molar-refractivity contribution is 5.95. The van der Waals surface area contributed by atoms with Crippen molar-refractivity contribution in [2.24, 2.45) is 0 Å². The largest absolute Gasteiger partial charge is 0.507 e. The van der Waals surface area contributed by atoms with Crippen LogP contribution in [-0.4, -0.2) is 10.2 Å². The van der Waals surface area contributed by atoms with Crippen molar-refractivity contribution >= 4 is 32.3 Å². The van der Waals surface area contributed by atoms with Crippen LogP contribution in [-0.2, 0) is 6.42 Å². The van der Waals surface area contributed by atoms with E-state index in [0.29, 0.717) is 11.5 Å². The summed E-state index contributed by atoms with van der Waals surface area (Å²) in [6, 6.07) is 48.5. The van der Waals surface area contributed by atoms with E-state index in [-0.39, 0.29) is 0 Å². The third-order valence-electron chi connectivity index (χ3n) is 7.25. The van der Waals surface area contributed by atoms with E-state index in [1.54, 1.807) is 12.1 Å². The molecule has 0 heterocycles. The summed E-state index contributed by atoms with van der Waals surface area (Å²) in [6.07, 6.45) is 1.08. The van der Waals surface area contributed by atoms with Gasteiger partial charge in [-0.3, -0.25) is 0 Å². The highest BCUT2D eigenvalue weighted by Crippen LogP contribution is 2.40. The van der Waals surface area contributed by atoms with Crippen molar-refractivity contribution in [3.63, 3.8) is 0 Å². The van der Waals surface area contributed by atoms with Crippen molar-refractivity contribution in [2.75, 3.05) is 0 Å². The number of benzene rings is 7. The Bertz CT molecular complexity index is 1830. The molecule has 0 atom stereocenters. The van der Waals surface area contributed by atoms with Crippen molar-refractivity contribution in [1.82, 2.24) is 0 Å². The first kappa shape index (κ1) is 24.3. The second kappa shape index (κ2) is 10.7. The fourth-order valence-corrected chi connectivity index (χ4v) is 5.32. The number of aromatic hydroxyl groups is 2. The molecule has 0 saturated carbocycles. The highest BCUT2D eigenvalue weighted by Gasteiger charge is 2.19. The van der Waals surface area contributed by atoms with Crippen LogP contribution >= 0.6 is 0 Å². The van der Waals surface area contributed by atoms with Crippen molar-refractivity contribution in [3.05, 3.63) is 157 Å².